The zero-order chi connectivity index (χ0) is 9.40. The molecular formula is C9H18BrNO. The van der Waals surface area contributed by atoms with E-state index in [9.17, 15) is 4.79 Å². The molecule has 1 N–H and O–H groups in total. The minimum Gasteiger partial charge on any atom is -0.356 e. The molecule has 0 fully saturated rings. The molecule has 0 aliphatic heterocycles. The number of alkyl halides is 1. The quantitative estimate of drug-likeness (QED) is 0.704. The zero-order valence-electron chi connectivity index (χ0n) is 7.90. The highest BCUT2D eigenvalue weighted by molar-refractivity contribution is 9.09. The van der Waals surface area contributed by atoms with Crippen LogP contribution in [0.2, 0.25) is 0 Å². The van der Waals surface area contributed by atoms with Crippen molar-refractivity contribution >= 4 is 21.8 Å². The largest absolute Gasteiger partial charge is 0.356 e. The van der Waals surface area contributed by atoms with Gasteiger partial charge in [-0.25, -0.2) is 0 Å². The Labute approximate surface area is 83.2 Å². The maximum Gasteiger partial charge on any atom is 0.220 e. The molecule has 12 heavy (non-hydrogen) atoms. The molecule has 0 aliphatic rings. The molecule has 0 aliphatic carbocycles. The molecule has 0 saturated carbocycles. The molecule has 0 heterocycles. The highest BCUT2D eigenvalue weighted by Crippen LogP contribution is 1.98. The van der Waals surface area contributed by atoms with Crippen molar-refractivity contribution in [1.29, 1.82) is 0 Å². The van der Waals surface area contributed by atoms with Gasteiger partial charge in [0.15, 0.2) is 0 Å². The SMILES string of the molecule is CCCCC(=O)NCC(C)CBr. The molecular weight excluding hydrogens is 218 g/mol. The summed E-state index contributed by atoms with van der Waals surface area (Å²) < 4.78 is 0. The third kappa shape index (κ3) is 6.65. The van der Waals surface area contributed by atoms with Crippen LogP contribution in [0.1, 0.15) is 33.1 Å². The molecule has 0 aromatic carbocycles. The second-order valence-electron chi connectivity index (χ2n) is 3.17. The van der Waals surface area contributed by atoms with Crippen LogP contribution in [0.15, 0.2) is 0 Å². The minimum absolute atomic E-state index is 0.185. The molecule has 0 spiro atoms. The maximum absolute atomic E-state index is 11.1. The Morgan fingerprint density at radius 2 is 2.25 bits per heavy atom. The number of carbonyl (C=O) groups excluding carboxylic acids is 1. The number of unbranched alkanes of at least 4 members (excludes halogenated alkanes) is 1. The average Bonchev–Trinajstić information content (AvgIpc) is 2.10. The van der Waals surface area contributed by atoms with Gasteiger partial charge in [0.25, 0.3) is 0 Å². The van der Waals surface area contributed by atoms with Gasteiger partial charge in [0.2, 0.25) is 5.91 Å². The molecule has 0 aromatic rings. The predicted molar refractivity (Wildman–Crippen MR) is 55.5 cm³/mol. The van der Waals surface area contributed by atoms with Crippen LogP contribution in [-0.4, -0.2) is 17.8 Å². The van der Waals surface area contributed by atoms with Gasteiger partial charge in [0.1, 0.15) is 0 Å². The van der Waals surface area contributed by atoms with Crippen LogP contribution in [0.4, 0.5) is 0 Å². The molecule has 0 bridgehead atoms. The third-order valence-corrected chi connectivity index (χ3v) is 2.77. The van der Waals surface area contributed by atoms with Gasteiger partial charge in [0.05, 0.1) is 0 Å². The maximum atomic E-state index is 11.1. The number of nitrogens with one attached hydrogen (secondary N) is 1. The summed E-state index contributed by atoms with van der Waals surface area (Å²) in [7, 11) is 0. The fourth-order valence-corrected chi connectivity index (χ4v) is 0.997. The normalized spacial score (nSPS) is 12.6. The van der Waals surface area contributed by atoms with E-state index in [0.29, 0.717) is 12.3 Å². The second kappa shape index (κ2) is 7.59. The van der Waals surface area contributed by atoms with Crippen LogP contribution in [0.3, 0.4) is 0 Å². The van der Waals surface area contributed by atoms with E-state index in [1.807, 2.05) is 0 Å². The van der Waals surface area contributed by atoms with E-state index >= 15 is 0 Å². The fourth-order valence-electron chi connectivity index (χ4n) is 0.768. The standard InChI is InChI=1S/C9H18BrNO/c1-3-4-5-9(12)11-7-8(2)6-10/h8H,3-7H2,1-2H3,(H,11,12). The first-order valence-electron chi connectivity index (χ1n) is 4.53. The Balaban J connectivity index is 3.31. The van der Waals surface area contributed by atoms with Gasteiger partial charge in [-0.2, -0.15) is 0 Å². The van der Waals surface area contributed by atoms with Crippen LogP contribution in [0.25, 0.3) is 0 Å². The van der Waals surface area contributed by atoms with E-state index < -0.39 is 0 Å². The minimum atomic E-state index is 0.185. The lowest BCUT2D eigenvalue weighted by Crippen LogP contribution is -2.28. The molecule has 0 saturated heterocycles. The summed E-state index contributed by atoms with van der Waals surface area (Å²) in [5.41, 5.74) is 0. The van der Waals surface area contributed by atoms with Crippen molar-refractivity contribution in [3.05, 3.63) is 0 Å². The van der Waals surface area contributed by atoms with Gasteiger partial charge in [-0.3, -0.25) is 4.79 Å². The van der Waals surface area contributed by atoms with Gasteiger partial charge in [0, 0.05) is 18.3 Å². The molecule has 0 radical (unpaired) electrons. The number of hydrogen-bond donors (Lipinski definition) is 1. The summed E-state index contributed by atoms with van der Waals surface area (Å²) >= 11 is 3.37. The topological polar surface area (TPSA) is 29.1 Å². The smallest absolute Gasteiger partial charge is 0.220 e. The number of rotatable bonds is 6. The first-order chi connectivity index (χ1) is 5.70. The van der Waals surface area contributed by atoms with Crippen LogP contribution >= 0.6 is 15.9 Å². The lowest BCUT2D eigenvalue weighted by Gasteiger charge is -2.08. The van der Waals surface area contributed by atoms with Crippen molar-refractivity contribution in [1.82, 2.24) is 5.32 Å². The van der Waals surface area contributed by atoms with Crippen molar-refractivity contribution < 1.29 is 4.79 Å². The van der Waals surface area contributed by atoms with E-state index in [1.165, 1.54) is 0 Å². The van der Waals surface area contributed by atoms with Crippen LogP contribution < -0.4 is 5.32 Å². The summed E-state index contributed by atoms with van der Waals surface area (Å²) in [6.07, 6.45) is 2.75. The second-order valence-corrected chi connectivity index (χ2v) is 3.81. The Bertz CT molecular complexity index is 128. The lowest BCUT2D eigenvalue weighted by atomic mass is 10.2. The molecule has 0 rings (SSSR count). The van der Waals surface area contributed by atoms with E-state index in [4.69, 9.17) is 0 Å². The first kappa shape index (κ1) is 11.9. The van der Waals surface area contributed by atoms with Gasteiger partial charge in [-0.05, 0) is 12.3 Å². The number of carbonyl (C=O) groups is 1. The Morgan fingerprint density at radius 1 is 1.58 bits per heavy atom. The molecule has 1 atom stereocenters. The molecule has 72 valence electrons. The van der Waals surface area contributed by atoms with Crippen molar-refractivity contribution in [3.63, 3.8) is 0 Å². The Morgan fingerprint density at radius 3 is 2.75 bits per heavy atom. The van der Waals surface area contributed by atoms with Gasteiger partial charge in [-0.15, -0.1) is 0 Å². The predicted octanol–water partition coefficient (Wildman–Crippen LogP) is 2.32. The van der Waals surface area contributed by atoms with Gasteiger partial charge in [-0.1, -0.05) is 36.2 Å². The average molecular weight is 236 g/mol. The van der Waals surface area contributed by atoms with E-state index in [-0.39, 0.29) is 5.91 Å². The van der Waals surface area contributed by atoms with Crippen molar-refractivity contribution in [2.45, 2.75) is 33.1 Å². The summed E-state index contributed by atoms with van der Waals surface area (Å²) in [4.78, 5) is 11.1. The van der Waals surface area contributed by atoms with Crippen LogP contribution in [0, 0.1) is 5.92 Å². The van der Waals surface area contributed by atoms with E-state index in [0.717, 1.165) is 24.7 Å². The Kier molecular flexibility index (Phi) is 7.56. The summed E-state index contributed by atoms with van der Waals surface area (Å²) in [5.74, 6) is 0.709. The summed E-state index contributed by atoms with van der Waals surface area (Å²) in [6.45, 7) is 4.98. The summed E-state index contributed by atoms with van der Waals surface area (Å²) in [6, 6.07) is 0. The molecule has 1 amide bonds. The molecule has 0 aromatic heterocycles. The Hall–Kier alpha value is -0.0500. The van der Waals surface area contributed by atoms with Gasteiger partial charge < -0.3 is 5.32 Å². The number of halogens is 1. The van der Waals surface area contributed by atoms with Crippen molar-refractivity contribution in [3.8, 4) is 0 Å². The number of hydrogen-bond acceptors (Lipinski definition) is 1. The van der Waals surface area contributed by atoms with Crippen molar-refractivity contribution in [2.75, 3.05) is 11.9 Å². The van der Waals surface area contributed by atoms with Crippen LogP contribution in [0.5, 0.6) is 0 Å². The van der Waals surface area contributed by atoms with Crippen LogP contribution in [-0.2, 0) is 4.79 Å². The van der Waals surface area contributed by atoms with Crippen molar-refractivity contribution in [2.24, 2.45) is 5.92 Å². The highest BCUT2D eigenvalue weighted by Gasteiger charge is 2.02. The summed E-state index contributed by atoms with van der Waals surface area (Å²) in [5, 5.41) is 3.84. The monoisotopic (exact) mass is 235 g/mol. The lowest BCUT2D eigenvalue weighted by molar-refractivity contribution is -0.121. The number of amides is 1. The van der Waals surface area contributed by atoms with Gasteiger partial charge >= 0.3 is 0 Å². The van der Waals surface area contributed by atoms with E-state index in [2.05, 4.69) is 35.1 Å². The third-order valence-electron chi connectivity index (χ3n) is 1.67. The van der Waals surface area contributed by atoms with E-state index in [1.54, 1.807) is 0 Å². The molecule has 1 unspecified atom stereocenters. The molecule has 2 nitrogen and oxygen atoms in total. The first-order valence-corrected chi connectivity index (χ1v) is 5.65. The highest BCUT2D eigenvalue weighted by atomic mass is 79.9. The fraction of sp³-hybridized carbons (Fsp3) is 0.889. The zero-order valence-corrected chi connectivity index (χ0v) is 9.49. The molecule has 3 heteroatoms.